The molecule has 0 spiro atoms. The molecule has 0 aliphatic heterocycles. The van der Waals surface area contributed by atoms with E-state index < -0.39 is 16.0 Å². The van der Waals surface area contributed by atoms with Gasteiger partial charge in [-0.15, -0.1) is 0 Å². The maximum Gasteiger partial charge on any atom is 0.303 e. The lowest BCUT2D eigenvalue weighted by molar-refractivity contribution is -0.137. The third kappa shape index (κ3) is 5.75. The molecule has 0 saturated heterocycles. The topological polar surface area (TPSA) is 83.5 Å². The summed E-state index contributed by atoms with van der Waals surface area (Å²) < 4.78 is 28.3. The van der Waals surface area contributed by atoms with Gasteiger partial charge in [-0.05, 0) is 80.4 Å². The van der Waals surface area contributed by atoms with Gasteiger partial charge in [0, 0.05) is 18.0 Å². The van der Waals surface area contributed by atoms with Crippen LogP contribution in [0.3, 0.4) is 0 Å². The van der Waals surface area contributed by atoms with Crippen LogP contribution in [0.4, 0.5) is 0 Å². The number of nitrogens with one attached hydrogen (secondary N) is 1. The van der Waals surface area contributed by atoms with Crippen molar-refractivity contribution < 1.29 is 18.3 Å². The number of sulfonamides is 1. The summed E-state index contributed by atoms with van der Waals surface area (Å²) in [6.45, 7) is 0.382. The second-order valence-corrected chi connectivity index (χ2v) is 10.6. The predicted molar refractivity (Wildman–Crippen MR) is 115 cm³/mol. The van der Waals surface area contributed by atoms with Gasteiger partial charge in [0.25, 0.3) is 0 Å². The van der Waals surface area contributed by atoms with Crippen LogP contribution in [0.5, 0.6) is 0 Å². The average molecular weight is 460 g/mol. The maximum atomic E-state index is 12.8. The molecule has 5 nitrogen and oxygen atoms in total. The van der Waals surface area contributed by atoms with Gasteiger partial charge in [0.2, 0.25) is 10.0 Å². The molecule has 3 aliphatic rings. The number of allylic oxidation sites excluding steroid dienone is 2. The Kier molecular flexibility index (Phi) is 7.65. The molecule has 0 radical (unpaired) electrons. The highest BCUT2D eigenvalue weighted by Crippen LogP contribution is 2.49. The monoisotopic (exact) mass is 459 g/mol. The largest absolute Gasteiger partial charge is 0.481 e. The summed E-state index contributed by atoms with van der Waals surface area (Å²) in [5, 5.41) is 9.27. The number of benzene rings is 1. The van der Waals surface area contributed by atoms with Gasteiger partial charge in [-0.3, -0.25) is 4.79 Å². The van der Waals surface area contributed by atoms with E-state index in [0.717, 1.165) is 19.3 Å². The Hall–Kier alpha value is -1.08. The van der Waals surface area contributed by atoms with E-state index in [4.69, 9.17) is 28.3 Å². The zero-order chi connectivity index (χ0) is 21.0. The second-order valence-electron chi connectivity index (χ2n) is 8.06. The highest BCUT2D eigenvalue weighted by molar-refractivity contribution is 7.89. The van der Waals surface area contributed by atoms with Gasteiger partial charge in [0.05, 0.1) is 5.02 Å². The maximum absolute atomic E-state index is 12.8. The van der Waals surface area contributed by atoms with Crippen molar-refractivity contribution in [1.29, 1.82) is 0 Å². The first-order chi connectivity index (χ1) is 13.8. The average Bonchev–Trinajstić information content (AvgIpc) is 2.67. The summed E-state index contributed by atoms with van der Waals surface area (Å²) in [6, 6.07) is 4.38. The lowest BCUT2D eigenvalue weighted by Gasteiger charge is -2.48. The zero-order valence-electron chi connectivity index (χ0n) is 16.2. The Bertz CT molecular complexity index is 863. The number of aliphatic carboxylic acids is 1. The molecule has 8 heteroatoms. The molecular weight excluding hydrogens is 433 g/mol. The van der Waals surface area contributed by atoms with Crippen molar-refractivity contribution in [2.24, 2.45) is 23.7 Å². The summed E-state index contributed by atoms with van der Waals surface area (Å²) in [5.41, 5.74) is 0. The number of fused-ring (bicyclic) bond motifs is 3. The van der Waals surface area contributed by atoms with Crippen molar-refractivity contribution in [3.63, 3.8) is 0 Å². The van der Waals surface area contributed by atoms with E-state index in [1.165, 1.54) is 31.0 Å². The molecule has 4 rings (SSSR count). The molecule has 1 aromatic rings. The van der Waals surface area contributed by atoms with Gasteiger partial charge in [0.15, 0.2) is 0 Å². The molecule has 3 saturated carbocycles. The first-order valence-electron chi connectivity index (χ1n) is 10.1. The number of unbranched alkanes of at least 4 members (excludes halogenated alkanes) is 1. The number of carboxylic acids is 1. The van der Waals surface area contributed by atoms with Gasteiger partial charge >= 0.3 is 5.97 Å². The van der Waals surface area contributed by atoms with Crippen molar-refractivity contribution >= 4 is 39.2 Å². The molecule has 1 aromatic carbocycles. The molecule has 2 bridgehead atoms. The number of carbonyl (C=O) groups is 1. The van der Waals surface area contributed by atoms with Crippen LogP contribution in [0.1, 0.15) is 44.9 Å². The van der Waals surface area contributed by atoms with E-state index in [1.54, 1.807) is 0 Å². The van der Waals surface area contributed by atoms with Gasteiger partial charge in [-0.2, -0.15) is 0 Å². The van der Waals surface area contributed by atoms with Crippen molar-refractivity contribution in [1.82, 2.24) is 4.72 Å². The van der Waals surface area contributed by atoms with E-state index in [0.29, 0.717) is 35.7 Å². The fourth-order valence-electron chi connectivity index (χ4n) is 4.83. The Morgan fingerprint density at radius 2 is 1.86 bits per heavy atom. The highest BCUT2D eigenvalue weighted by Gasteiger charge is 2.42. The molecule has 3 fully saturated rings. The van der Waals surface area contributed by atoms with Crippen molar-refractivity contribution in [3.05, 3.63) is 40.4 Å². The molecule has 0 amide bonds. The van der Waals surface area contributed by atoms with Gasteiger partial charge in [-0.25, -0.2) is 13.1 Å². The summed E-state index contributed by atoms with van der Waals surface area (Å²) >= 11 is 12.0. The van der Waals surface area contributed by atoms with E-state index in [2.05, 4.69) is 16.9 Å². The van der Waals surface area contributed by atoms with Crippen LogP contribution in [0, 0.1) is 23.7 Å². The normalized spacial score (nSPS) is 26.8. The first-order valence-corrected chi connectivity index (χ1v) is 12.3. The minimum Gasteiger partial charge on any atom is -0.481 e. The minimum atomic E-state index is -3.72. The predicted octanol–water partition coefficient (Wildman–Crippen LogP) is 5.14. The van der Waals surface area contributed by atoms with E-state index in [1.807, 2.05) is 0 Å². The van der Waals surface area contributed by atoms with Crippen LogP contribution in [0.25, 0.3) is 0 Å². The molecule has 29 heavy (non-hydrogen) atoms. The number of hydrogen-bond acceptors (Lipinski definition) is 3. The molecule has 2 N–H and O–H groups in total. The molecule has 0 heterocycles. The third-order valence-electron chi connectivity index (χ3n) is 6.27. The second kappa shape index (κ2) is 9.82. The number of rotatable bonds is 9. The summed E-state index contributed by atoms with van der Waals surface area (Å²) in [5.74, 6) is 0.888. The van der Waals surface area contributed by atoms with Gasteiger partial charge < -0.3 is 5.11 Å². The summed E-state index contributed by atoms with van der Waals surface area (Å²) in [6.07, 6.45) is 10.5. The van der Waals surface area contributed by atoms with Crippen molar-refractivity contribution in [3.8, 4) is 0 Å². The van der Waals surface area contributed by atoms with Crippen molar-refractivity contribution in [2.45, 2.75) is 49.8 Å². The molecule has 1 unspecified atom stereocenters. The van der Waals surface area contributed by atoms with Crippen LogP contribution in [0.15, 0.2) is 35.2 Å². The lowest BCUT2D eigenvalue weighted by Crippen LogP contribution is -2.45. The fourth-order valence-corrected chi connectivity index (χ4v) is 6.67. The van der Waals surface area contributed by atoms with Crippen LogP contribution < -0.4 is 4.72 Å². The van der Waals surface area contributed by atoms with Crippen molar-refractivity contribution in [2.75, 3.05) is 6.54 Å². The molecule has 160 valence electrons. The molecule has 3 aliphatic carbocycles. The standard InChI is InChI=1S/C21H27Cl2NO4S/c22-16-10-11-20(19(23)12-16)29(27,28)24-13-18-15-8-6-14(7-9-15)17(18)4-2-1-3-5-21(25)26/h2,4,10-12,14-15,17-18,24H,1,3,5-9,13H2,(H,25,26)/b4-2+/t14?,15?,17-,18?/m0/s1. The SMILES string of the molecule is O=C(O)CCC/C=C/[C@H]1C2CCC(CC2)C1CNS(=O)(=O)c1ccc(Cl)cc1Cl. The Balaban J connectivity index is 1.66. The summed E-state index contributed by atoms with van der Waals surface area (Å²) in [7, 11) is -3.72. The van der Waals surface area contributed by atoms with E-state index >= 15 is 0 Å². The van der Waals surface area contributed by atoms with Crippen LogP contribution in [0.2, 0.25) is 10.0 Å². The smallest absolute Gasteiger partial charge is 0.303 e. The number of halogens is 2. The van der Waals surface area contributed by atoms with Gasteiger partial charge in [-0.1, -0.05) is 35.4 Å². The Morgan fingerprint density at radius 3 is 2.52 bits per heavy atom. The first kappa shape index (κ1) is 22.6. The van der Waals surface area contributed by atoms with E-state index in [9.17, 15) is 13.2 Å². The molecular formula is C21H27Cl2NO4S. The Labute approximate surface area is 182 Å². The van der Waals surface area contributed by atoms with Crippen LogP contribution in [-0.4, -0.2) is 26.0 Å². The Morgan fingerprint density at radius 1 is 1.17 bits per heavy atom. The quantitative estimate of drug-likeness (QED) is 0.395. The number of carboxylic acid groups (broad SMARTS) is 1. The van der Waals surface area contributed by atoms with Crippen LogP contribution in [-0.2, 0) is 14.8 Å². The summed E-state index contributed by atoms with van der Waals surface area (Å²) in [4.78, 5) is 10.7. The molecule has 2 atom stereocenters. The zero-order valence-corrected chi connectivity index (χ0v) is 18.5. The van der Waals surface area contributed by atoms with Gasteiger partial charge in [0.1, 0.15) is 4.90 Å². The fraction of sp³-hybridized carbons (Fsp3) is 0.571. The minimum absolute atomic E-state index is 0.0466. The molecule has 0 aromatic heterocycles. The van der Waals surface area contributed by atoms with E-state index in [-0.39, 0.29) is 22.3 Å². The number of hydrogen-bond donors (Lipinski definition) is 2. The third-order valence-corrected chi connectivity index (χ3v) is 8.41. The van der Waals surface area contributed by atoms with Crippen LogP contribution >= 0.6 is 23.2 Å². The lowest BCUT2D eigenvalue weighted by atomic mass is 9.58. The highest BCUT2D eigenvalue weighted by atomic mass is 35.5.